The maximum absolute atomic E-state index is 12.4. The average Bonchev–Trinajstić information content (AvgIpc) is 2.79. The van der Waals surface area contributed by atoms with Gasteiger partial charge in [-0.05, 0) is 48.5 Å². The number of hydrogen-bond donors (Lipinski definition) is 0. The van der Waals surface area contributed by atoms with Crippen molar-refractivity contribution in [3.05, 3.63) is 11.6 Å². The lowest BCUT2D eigenvalue weighted by Gasteiger charge is -2.63. The molecule has 10 heteroatoms. The second-order valence-corrected chi connectivity index (χ2v) is 12.7. The Hall–Kier alpha value is -2.91. The molecule has 0 aliphatic heterocycles. The summed E-state index contributed by atoms with van der Waals surface area (Å²) >= 11 is 0. The SMILES string of the molecule is CC(=O)OCC(OC(C)=O)C1(C)CCC2C(=CCC3C(C)(C)C(OC(C)=O)C(OC(C)=O)CC23C)C1OC(C)=O. The van der Waals surface area contributed by atoms with Gasteiger partial charge in [0.1, 0.15) is 31.0 Å². The zero-order valence-corrected chi connectivity index (χ0v) is 25.2. The van der Waals surface area contributed by atoms with Crippen molar-refractivity contribution in [2.24, 2.45) is 28.1 Å². The van der Waals surface area contributed by atoms with Crippen LogP contribution in [0.25, 0.3) is 0 Å². The van der Waals surface area contributed by atoms with Crippen LogP contribution in [0.4, 0.5) is 0 Å². The van der Waals surface area contributed by atoms with Gasteiger partial charge >= 0.3 is 29.8 Å². The van der Waals surface area contributed by atoms with Crippen LogP contribution in [0.5, 0.6) is 0 Å². The molecule has 2 fully saturated rings. The molecule has 0 N–H and O–H groups in total. The summed E-state index contributed by atoms with van der Waals surface area (Å²) in [5.41, 5.74) is -0.866. The average molecular weight is 565 g/mol. The lowest BCUT2D eigenvalue weighted by Crippen LogP contribution is -2.64. The van der Waals surface area contributed by atoms with Crippen LogP contribution in [0, 0.1) is 28.1 Å². The monoisotopic (exact) mass is 564 g/mol. The summed E-state index contributed by atoms with van der Waals surface area (Å²) in [6.45, 7) is 14.6. The van der Waals surface area contributed by atoms with Crippen LogP contribution >= 0.6 is 0 Å². The standard InChI is InChI=1S/C30H44O10/c1-16(31)36-15-25(38-18(3)33)29(8)13-12-22-21(26(29)39-19(4)34)10-11-24-28(6,7)27(40-20(5)35)23(37-17(2)32)14-30(22,24)9/h10,22-27H,11-15H2,1-9H3. The lowest BCUT2D eigenvalue weighted by molar-refractivity contribution is -0.218. The number of esters is 5. The van der Waals surface area contributed by atoms with Crippen molar-refractivity contribution < 1.29 is 47.7 Å². The summed E-state index contributed by atoms with van der Waals surface area (Å²) in [7, 11) is 0. The summed E-state index contributed by atoms with van der Waals surface area (Å²) in [5, 5.41) is 0. The second-order valence-electron chi connectivity index (χ2n) is 12.7. The minimum Gasteiger partial charge on any atom is -0.462 e. The van der Waals surface area contributed by atoms with Gasteiger partial charge in [-0.1, -0.05) is 33.8 Å². The summed E-state index contributed by atoms with van der Waals surface area (Å²) in [5.74, 6) is -2.37. The van der Waals surface area contributed by atoms with Gasteiger partial charge in [-0.25, -0.2) is 0 Å². The number of hydrogen-bond acceptors (Lipinski definition) is 10. The molecule has 0 amide bonds. The third kappa shape index (κ3) is 6.05. The van der Waals surface area contributed by atoms with Crippen LogP contribution in [0.15, 0.2) is 11.6 Å². The van der Waals surface area contributed by atoms with E-state index in [0.29, 0.717) is 25.7 Å². The van der Waals surface area contributed by atoms with E-state index in [1.165, 1.54) is 34.6 Å². The highest BCUT2D eigenvalue weighted by molar-refractivity contribution is 5.68. The lowest BCUT2D eigenvalue weighted by atomic mass is 9.44. The fourth-order valence-electron chi connectivity index (χ4n) is 7.87. The largest absolute Gasteiger partial charge is 0.462 e. The van der Waals surface area contributed by atoms with Crippen LogP contribution in [0.1, 0.15) is 88.0 Å². The number of allylic oxidation sites excluding steroid dienone is 1. The zero-order valence-electron chi connectivity index (χ0n) is 25.2. The summed E-state index contributed by atoms with van der Waals surface area (Å²) in [4.78, 5) is 60.3. The van der Waals surface area contributed by atoms with Gasteiger partial charge in [-0.3, -0.25) is 24.0 Å². The first-order valence-electron chi connectivity index (χ1n) is 14.0. The predicted molar refractivity (Wildman–Crippen MR) is 142 cm³/mol. The van der Waals surface area contributed by atoms with Gasteiger partial charge in [0.25, 0.3) is 0 Å². The van der Waals surface area contributed by atoms with Crippen molar-refractivity contribution in [3.8, 4) is 0 Å². The number of fused-ring (bicyclic) bond motifs is 3. The smallest absolute Gasteiger partial charge is 0.303 e. The molecule has 0 aromatic rings. The van der Waals surface area contributed by atoms with E-state index < -0.39 is 70.5 Å². The molecule has 8 unspecified atom stereocenters. The molecule has 0 bridgehead atoms. The highest BCUT2D eigenvalue weighted by atomic mass is 16.6. The molecule has 0 heterocycles. The minimum atomic E-state index is -0.863. The van der Waals surface area contributed by atoms with Crippen molar-refractivity contribution in [3.63, 3.8) is 0 Å². The van der Waals surface area contributed by atoms with Crippen LogP contribution in [0.2, 0.25) is 0 Å². The molecule has 224 valence electrons. The van der Waals surface area contributed by atoms with Gasteiger partial charge in [-0.2, -0.15) is 0 Å². The van der Waals surface area contributed by atoms with Crippen LogP contribution in [0.3, 0.4) is 0 Å². The molecule has 3 aliphatic carbocycles. The molecule has 0 spiro atoms. The van der Waals surface area contributed by atoms with Crippen LogP contribution < -0.4 is 0 Å². The molecule has 10 nitrogen and oxygen atoms in total. The van der Waals surface area contributed by atoms with E-state index in [4.69, 9.17) is 23.7 Å². The van der Waals surface area contributed by atoms with E-state index in [2.05, 4.69) is 13.0 Å². The molecule has 40 heavy (non-hydrogen) atoms. The normalized spacial score (nSPS) is 35.0. The summed E-state index contributed by atoms with van der Waals surface area (Å²) < 4.78 is 28.5. The Morgan fingerprint density at radius 3 is 1.98 bits per heavy atom. The van der Waals surface area contributed by atoms with Crippen LogP contribution in [-0.4, -0.2) is 60.9 Å². The number of rotatable bonds is 7. The van der Waals surface area contributed by atoms with Gasteiger partial charge < -0.3 is 23.7 Å². The van der Waals surface area contributed by atoms with Gasteiger partial charge in [0.05, 0.1) is 0 Å². The number of ether oxygens (including phenoxy) is 5. The quantitative estimate of drug-likeness (QED) is 0.253. The molecule has 0 saturated heterocycles. The molecule has 0 aromatic heterocycles. The first kappa shape index (κ1) is 31.6. The van der Waals surface area contributed by atoms with E-state index in [1.807, 2.05) is 20.8 Å². The Morgan fingerprint density at radius 1 is 0.850 bits per heavy atom. The van der Waals surface area contributed by atoms with E-state index >= 15 is 0 Å². The molecule has 0 aromatic carbocycles. The van der Waals surface area contributed by atoms with Gasteiger partial charge in [0.15, 0.2) is 0 Å². The first-order valence-corrected chi connectivity index (χ1v) is 14.0. The molecular weight excluding hydrogens is 520 g/mol. The number of carbonyl (C=O) groups is 5. The Labute approximate surface area is 236 Å². The van der Waals surface area contributed by atoms with Gasteiger partial charge in [0, 0.05) is 45.4 Å². The van der Waals surface area contributed by atoms with Gasteiger partial charge in [0.2, 0.25) is 0 Å². The maximum Gasteiger partial charge on any atom is 0.303 e. The Morgan fingerprint density at radius 2 is 1.45 bits per heavy atom. The third-order valence-electron chi connectivity index (χ3n) is 9.44. The van der Waals surface area contributed by atoms with E-state index in [1.54, 1.807) is 0 Å². The molecule has 2 saturated carbocycles. The predicted octanol–water partition coefficient (Wildman–Crippen LogP) is 4.08. The topological polar surface area (TPSA) is 132 Å². The third-order valence-corrected chi connectivity index (χ3v) is 9.44. The van der Waals surface area contributed by atoms with Crippen molar-refractivity contribution in [2.45, 2.75) is 112 Å². The summed E-state index contributed by atoms with van der Waals surface area (Å²) in [6, 6.07) is 0. The highest BCUT2D eigenvalue weighted by Gasteiger charge is 2.64. The molecule has 3 aliphatic rings. The van der Waals surface area contributed by atoms with E-state index in [9.17, 15) is 24.0 Å². The van der Waals surface area contributed by atoms with Crippen molar-refractivity contribution >= 4 is 29.8 Å². The second kappa shape index (κ2) is 11.5. The van der Waals surface area contributed by atoms with E-state index in [0.717, 1.165) is 5.57 Å². The number of carbonyl (C=O) groups excluding carboxylic acids is 5. The molecule has 3 rings (SSSR count). The first-order chi connectivity index (χ1) is 18.4. The van der Waals surface area contributed by atoms with Crippen molar-refractivity contribution in [1.29, 1.82) is 0 Å². The maximum atomic E-state index is 12.4. The van der Waals surface area contributed by atoms with Crippen molar-refractivity contribution in [1.82, 2.24) is 0 Å². The summed E-state index contributed by atoms with van der Waals surface area (Å²) in [6.07, 6.45) is 1.55. The Kier molecular flexibility index (Phi) is 9.11. The molecular formula is C30H44O10. The van der Waals surface area contributed by atoms with E-state index in [-0.39, 0.29) is 18.4 Å². The fraction of sp³-hybridized carbons (Fsp3) is 0.767. The fourth-order valence-corrected chi connectivity index (χ4v) is 7.87. The Balaban J connectivity index is 2.09. The van der Waals surface area contributed by atoms with Gasteiger partial charge in [-0.15, -0.1) is 0 Å². The molecule has 0 radical (unpaired) electrons. The van der Waals surface area contributed by atoms with Crippen LogP contribution in [-0.2, 0) is 47.7 Å². The molecule has 8 atom stereocenters. The Bertz CT molecular complexity index is 1080. The van der Waals surface area contributed by atoms with Crippen molar-refractivity contribution in [2.75, 3.05) is 6.61 Å². The minimum absolute atomic E-state index is 0.0500. The zero-order chi connectivity index (χ0) is 30.2. The highest BCUT2D eigenvalue weighted by Crippen LogP contribution is 2.65.